The fourth-order valence-electron chi connectivity index (χ4n) is 2.33. The molecule has 114 valence electrons. The van der Waals surface area contributed by atoms with Crippen molar-refractivity contribution in [3.63, 3.8) is 0 Å². The van der Waals surface area contributed by atoms with Gasteiger partial charge < -0.3 is 0 Å². The molecule has 0 unspecified atom stereocenters. The van der Waals surface area contributed by atoms with Gasteiger partial charge in [-0.05, 0) is 13.3 Å². The second kappa shape index (κ2) is 6.98. The van der Waals surface area contributed by atoms with E-state index in [0.29, 0.717) is 13.1 Å². The van der Waals surface area contributed by atoms with E-state index in [0.717, 1.165) is 43.2 Å². The van der Waals surface area contributed by atoms with Crippen LogP contribution in [0.15, 0.2) is 5.38 Å². The fourth-order valence-corrected chi connectivity index (χ4v) is 4.57. The van der Waals surface area contributed by atoms with E-state index in [9.17, 15) is 8.42 Å². The highest BCUT2D eigenvalue weighted by Gasteiger charge is 2.26. The molecule has 5 nitrogen and oxygen atoms in total. The summed E-state index contributed by atoms with van der Waals surface area (Å²) in [5, 5.41) is 3.17. The van der Waals surface area contributed by atoms with Gasteiger partial charge in [0.1, 0.15) is 0 Å². The second-order valence-electron chi connectivity index (χ2n) is 5.20. The van der Waals surface area contributed by atoms with Crippen molar-refractivity contribution in [3.8, 4) is 0 Å². The third-order valence-corrected chi connectivity index (χ3v) is 6.31. The van der Waals surface area contributed by atoms with Crippen LogP contribution in [0.5, 0.6) is 0 Å². The fraction of sp³-hybridized carbons (Fsp3) is 0.769. The molecule has 1 aromatic heterocycles. The summed E-state index contributed by atoms with van der Waals surface area (Å²) < 4.78 is 25.9. The lowest BCUT2D eigenvalue weighted by Gasteiger charge is -2.33. The molecule has 0 aliphatic carbocycles. The van der Waals surface area contributed by atoms with Gasteiger partial charge in [-0.25, -0.2) is 13.4 Å². The van der Waals surface area contributed by atoms with Crippen LogP contribution in [0.2, 0.25) is 0 Å². The van der Waals surface area contributed by atoms with Gasteiger partial charge in [-0.15, -0.1) is 11.3 Å². The lowest BCUT2D eigenvalue weighted by Crippen LogP contribution is -2.48. The number of piperazine rings is 1. The van der Waals surface area contributed by atoms with Crippen LogP contribution in [0, 0.1) is 6.92 Å². The van der Waals surface area contributed by atoms with Crippen LogP contribution < -0.4 is 0 Å². The SMILES string of the molecule is CCCCS(=O)(=O)N1CCN(Cc2csc(C)n2)CC1. The Balaban J connectivity index is 1.83. The van der Waals surface area contributed by atoms with Crippen LogP contribution in [0.1, 0.15) is 30.5 Å². The molecule has 2 rings (SSSR count). The minimum atomic E-state index is -3.04. The van der Waals surface area contributed by atoms with Crippen LogP contribution in [0.3, 0.4) is 0 Å². The maximum atomic E-state index is 12.1. The molecule has 1 aliphatic rings. The maximum Gasteiger partial charge on any atom is 0.214 e. The zero-order chi connectivity index (χ0) is 14.6. The van der Waals surface area contributed by atoms with Crippen LogP contribution in [-0.4, -0.2) is 54.5 Å². The van der Waals surface area contributed by atoms with Crippen LogP contribution in [0.4, 0.5) is 0 Å². The lowest BCUT2D eigenvalue weighted by atomic mass is 10.3. The summed E-state index contributed by atoms with van der Waals surface area (Å²) in [5.41, 5.74) is 1.09. The maximum absolute atomic E-state index is 12.1. The first-order chi connectivity index (χ1) is 9.51. The quantitative estimate of drug-likeness (QED) is 0.801. The number of sulfonamides is 1. The van der Waals surface area contributed by atoms with E-state index < -0.39 is 10.0 Å². The number of aromatic nitrogens is 1. The topological polar surface area (TPSA) is 53.5 Å². The number of rotatable bonds is 6. The molecule has 0 bridgehead atoms. The molecule has 1 fully saturated rings. The molecular formula is C13H23N3O2S2. The summed E-state index contributed by atoms with van der Waals surface area (Å²) in [7, 11) is -3.04. The van der Waals surface area contributed by atoms with Crippen molar-refractivity contribution >= 4 is 21.4 Å². The standard InChI is InChI=1S/C13H23N3O2S2/c1-3-4-9-20(17,18)16-7-5-15(6-8-16)10-13-11-19-12(2)14-13/h11H,3-10H2,1-2H3. The zero-order valence-electron chi connectivity index (χ0n) is 12.2. The average molecular weight is 317 g/mol. The molecule has 1 aromatic rings. The number of thiazole rings is 1. The van der Waals surface area contributed by atoms with Gasteiger partial charge in [-0.3, -0.25) is 4.90 Å². The number of hydrogen-bond donors (Lipinski definition) is 0. The monoisotopic (exact) mass is 317 g/mol. The minimum Gasteiger partial charge on any atom is -0.295 e. The molecule has 1 saturated heterocycles. The molecule has 0 saturated carbocycles. The first-order valence-corrected chi connectivity index (χ1v) is 9.61. The van der Waals surface area contributed by atoms with E-state index in [1.807, 2.05) is 13.8 Å². The Morgan fingerprint density at radius 2 is 2.00 bits per heavy atom. The first-order valence-electron chi connectivity index (χ1n) is 7.12. The van der Waals surface area contributed by atoms with E-state index in [2.05, 4.69) is 15.3 Å². The highest BCUT2D eigenvalue weighted by atomic mass is 32.2. The van der Waals surface area contributed by atoms with Crippen LogP contribution >= 0.6 is 11.3 Å². The summed E-state index contributed by atoms with van der Waals surface area (Å²) in [6.07, 6.45) is 1.67. The Kier molecular flexibility index (Phi) is 5.54. The van der Waals surface area contributed by atoms with E-state index >= 15 is 0 Å². The van der Waals surface area contributed by atoms with Crippen molar-refractivity contribution in [1.29, 1.82) is 0 Å². The van der Waals surface area contributed by atoms with Crippen molar-refractivity contribution in [2.24, 2.45) is 0 Å². The van der Waals surface area contributed by atoms with E-state index in [-0.39, 0.29) is 5.75 Å². The van der Waals surface area contributed by atoms with E-state index in [1.54, 1.807) is 15.6 Å². The Labute approximate surface area is 125 Å². The lowest BCUT2D eigenvalue weighted by molar-refractivity contribution is 0.180. The van der Waals surface area contributed by atoms with Gasteiger partial charge in [-0.2, -0.15) is 4.31 Å². The molecular weight excluding hydrogens is 294 g/mol. The van der Waals surface area contributed by atoms with Crippen molar-refractivity contribution in [3.05, 3.63) is 16.1 Å². The smallest absolute Gasteiger partial charge is 0.214 e. The normalized spacial score (nSPS) is 18.5. The largest absolute Gasteiger partial charge is 0.295 e. The number of unbranched alkanes of at least 4 members (excludes halogenated alkanes) is 1. The van der Waals surface area contributed by atoms with Gasteiger partial charge in [0, 0.05) is 38.1 Å². The summed E-state index contributed by atoms with van der Waals surface area (Å²) in [6.45, 7) is 7.65. The van der Waals surface area contributed by atoms with Gasteiger partial charge >= 0.3 is 0 Å². The van der Waals surface area contributed by atoms with Crippen molar-refractivity contribution < 1.29 is 8.42 Å². The summed E-state index contributed by atoms with van der Waals surface area (Å²) in [6, 6.07) is 0. The third-order valence-electron chi connectivity index (χ3n) is 3.53. The molecule has 0 amide bonds. The van der Waals surface area contributed by atoms with E-state index in [1.165, 1.54) is 0 Å². The minimum absolute atomic E-state index is 0.286. The van der Waals surface area contributed by atoms with E-state index in [4.69, 9.17) is 0 Å². The Hall–Kier alpha value is -0.500. The average Bonchev–Trinajstić information content (AvgIpc) is 2.82. The molecule has 0 radical (unpaired) electrons. The predicted molar refractivity (Wildman–Crippen MR) is 82.4 cm³/mol. The zero-order valence-corrected chi connectivity index (χ0v) is 13.8. The second-order valence-corrected chi connectivity index (χ2v) is 8.35. The van der Waals surface area contributed by atoms with Crippen LogP contribution in [-0.2, 0) is 16.6 Å². The van der Waals surface area contributed by atoms with Crippen LogP contribution in [0.25, 0.3) is 0 Å². The highest BCUT2D eigenvalue weighted by molar-refractivity contribution is 7.89. The molecule has 0 atom stereocenters. The predicted octanol–water partition coefficient (Wildman–Crippen LogP) is 1.70. The molecule has 0 aromatic carbocycles. The van der Waals surface area contributed by atoms with Gasteiger partial charge in [0.15, 0.2) is 0 Å². The summed E-state index contributed by atoms with van der Waals surface area (Å²) in [4.78, 5) is 6.74. The number of aryl methyl sites for hydroxylation is 1. The summed E-state index contributed by atoms with van der Waals surface area (Å²) >= 11 is 1.66. The molecule has 0 spiro atoms. The van der Waals surface area contributed by atoms with Crippen molar-refractivity contribution in [2.45, 2.75) is 33.2 Å². The number of hydrogen-bond acceptors (Lipinski definition) is 5. The van der Waals surface area contributed by atoms with Gasteiger partial charge in [0.2, 0.25) is 10.0 Å². The molecule has 0 N–H and O–H groups in total. The Morgan fingerprint density at radius 1 is 1.30 bits per heavy atom. The molecule has 1 aliphatic heterocycles. The number of nitrogens with zero attached hydrogens (tertiary/aromatic N) is 3. The van der Waals surface area contributed by atoms with Gasteiger partial charge in [-0.1, -0.05) is 13.3 Å². The Morgan fingerprint density at radius 3 is 2.55 bits per heavy atom. The molecule has 20 heavy (non-hydrogen) atoms. The van der Waals surface area contributed by atoms with Crippen molar-refractivity contribution in [1.82, 2.24) is 14.2 Å². The third kappa shape index (κ3) is 4.25. The van der Waals surface area contributed by atoms with Gasteiger partial charge in [0.05, 0.1) is 16.5 Å². The van der Waals surface area contributed by atoms with Gasteiger partial charge in [0.25, 0.3) is 0 Å². The Bertz CT molecular complexity index is 519. The molecule has 7 heteroatoms. The molecule has 2 heterocycles. The highest BCUT2D eigenvalue weighted by Crippen LogP contribution is 2.14. The van der Waals surface area contributed by atoms with Crippen molar-refractivity contribution in [2.75, 3.05) is 31.9 Å². The summed E-state index contributed by atoms with van der Waals surface area (Å²) in [5.74, 6) is 0.286. The first kappa shape index (κ1) is 15.9.